The van der Waals surface area contributed by atoms with Crippen LogP contribution >= 0.6 is 0 Å². The average molecular weight is 753 g/mol. The van der Waals surface area contributed by atoms with Gasteiger partial charge in [-0.05, 0) is 84.3 Å². The third kappa shape index (κ3) is 11.4. The van der Waals surface area contributed by atoms with Crippen LogP contribution in [0.5, 0.6) is 0 Å². The van der Waals surface area contributed by atoms with Crippen LogP contribution < -0.4 is 0 Å². The molecule has 4 heterocycles. The predicted octanol–water partition coefficient (Wildman–Crippen LogP) is 4.25. The van der Waals surface area contributed by atoms with Crippen molar-refractivity contribution in [2.75, 3.05) is 0 Å². The summed E-state index contributed by atoms with van der Waals surface area (Å²) in [4.78, 5) is 13.4. The molecule has 12 heteroatoms. The van der Waals surface area contributed by atoms with E-state index in [1.165, 1.54) is 20.8 Å². The molecule has 0 radical (unpaired) electrons. The summed E-state index contributed by atoms with van der Waals surface area (Å²) in [5.74, 6) is -2.43. The number of carbonyl (C=O) groups is 1. The molecule has 13 unspecified atom stereocenters. The van der Waals surface area contributed by atoms with Gasteiger partial charge in [0.2, 0.25) is 0 Å². The highest BCUT2D eigenvalue weighted by molar-refractivity contribution is 5.82. The second-order valence-electron chi connectivity index (χ2n) is 17.4. The van der Waals surface area contributed by atoms with Crippen molar-refractivity contribution in [1.82, 2.24) is 0 Å². The smallest absolute Gasteiger partial charge is 0.330 e. The van der Waals surface area contributed by atoms with Crippen molar-refractivity contribution < 1.29 is 59.5 Å². The van der Waals surface area contributed by atoms with E-state index in [2.05, 4.69) is 12.2 Å². The second kappa shape index (κ2) is 17.9. The molecule has 4 rings (SSSR count). The van der Waals surface area contributed by atoms with Gasteiger partial charge in [0.05, 0.1) is 36.1 Å². The Bertz CT molecular complexity index is 1310. The number of aliphatic hydroxyl groups excluding tert-OH is 5. The molecule has 53 heavy (non-hydrogen) atoms. The zero-order chi connectivity index (χ0) is 39.4. The van der Waals surface area contributed by atoms with Gasteiger partial charge in [-0.1, -0.05) is 45.8 Å². The highest BCUT2D eigenvalue weighted by Gasteiger charge is 2.51. The number of hydrogen-bond donors (Lipinski definition) is 7. The molecule has 0 aliphatic carbocycles. The first-order valence-electron chi connectivity index (χ1n) is 19.9. The van der Waals surface area contributed by atoms with E-state index in [0.717, 1.165) is 55.6 Å². The van der Waals surface area contributed by atoms with Crippen molar-refractivity contribution >= 4 is 5.97 Å². The predicted molar refractivity (Wildman–Crippen MR) is 198 cm³/mol. The zero-order valence-corrected chi connectivity index (χ0v) is 32.9. The molecule has 12 nitrogen and oxygen atoms in total. The minimum Gasteiger partial charge on any atom is -0.491 e. The van der Waals surface area contributed by atoms with Gasteiger partial charge in [-0.25, -0.2) is 4.79 Å². The third-order valence-corrected chi connectivity index (χ3v) is 11.9. The molecular formula is C41H68O12. The van der Waals surface area contributed by atoms with E-state index in [1.54, 1.807) is 0 Å². The SMILES string of the molecule is CCC(O)CC1CCCC2(CC3OC(=O)C=CC(C)(O)C(O)C(C)C(O)C(O)C(O)C(C)(O)CCCCCC=CC4=C(CC(O2)C3C)OC(C)(C)C4)O1. The summed E-state index contributed by atoms with van der Waals surface area (Å²) in [6.07, 6.45) is 5.43. The van der Waals surface area contributed by atoms with Gasteiger partial charge in [0.1, 0.15) is 35.3 Å². The van der Waals surface area contributed by atoms with Crippen LogP contribution in [-0.2, 0) is 23.7 Å². The summed E-state index contributed by atoms with van der Waals surface area (Å²) in [5, 5.41) is 76.4. The van der Waals surface area contributed by atoms with E-state index in [-0.39, 0.29) is 24.9 Å². The van der Waals surface area contributed by atoms with Crippen molar-refractivity contribution in [3.63, 3.8) is 0 Å². The van der Waals surface area contributed by atoms with Crippen LogP contribution in [0.4, 0.5) is 0 Å². The Morgan fingerprint density at radius 1 is 0.868 bits per heavy atom. The Morgan fingerprint density at radius 2 is 1.58 bits per heavy atom. The van der Waals surface area contributed by atoms with Crippen LogP contribution in [-0.4, -0.2) is 113 Å². The van der Waals surface area contributed by atoms with E-state index in [0.29, 0.717) is 38.5 Å². The molecule has 0 aromatic heterocycles. The maximum absolute atomic E-state index is 13.4. The largest absolute Gasteiger partial charge is 0.491 e. The zero-order valence-electron chi connectivity index (χ0n) is 32.9. The molecule has 13 atom stereocenters. The minimum atomic E-state index is -2.05. The summed E-state index contributed by atoms with van der Waals surface area (Å²) >= 11 is 0. The van der Waals surface area contributed by atoms with Gasteiger partial charge in [0.15, 0.2) is 5.79 Å². The molecule has 0 aromatic carbocycles. The number of ether oxygens (including phenoxy) is 4. The Hall–Kier alpha value is -1.87. The van der Waals surface area contributed by atoms with Gasteiger partial charge < -0.3 is 54.7 Å². The topological polar surface area (TPSA) is 196 Å². The maximum atomic E-state index is 13.4. The second-order valence-corrected chi connectivity index (χ2v) is 17.4. The maximum Gasteiger partial charge on any atom is 0.330 e. The van der Waals surface area contributed by atoms with Gasteiger partial charge in [-0.3, -0.25) is 0 Å². The molecule has 4 aliphatic heterocycles. The molecule has 2 saturated heterocycles. The summed E-state index contributed by atoms with van der Waals surface area (Å²) < 4.78 is 26.1. The van der Waals surface area contributed by atoms with Gasteiger partial charge in [0.25, 0.3) is 0 Å². The van der Waals surface area contributed by atoms with Gasteiger partial charge >= 0.3 is 5.97 Å². The summed E-state index contributed by atoms with van der Waals surface area (Å²) in [6.45, 7) is 12.1. The van der Waals surface area contributed by atoms with Gasteiger partial charge in [-0.15, -0.1) is 0 Å². The van der Waals surface area contributed by atoms with E-state index in [4.69, 9.17) is 18.9 Å². The molecule has 2 fully saturated rings. The Morgan fingerprint density at radius 3 is 2.28 bits per heavy atom. The highest BCUT2D eigenvalue weighted by atomic mass is 16.7. The van der Waals surface area contributed by atoms with Crippen LogP contribution in [0.25, 0.3) is 0 Å². The van der Waals surface area contributed by atoms with Crippen molar-refractivity contribution in [3.05, 3.63) is 35.6 Å². The average Bonchev–Trinajstić information content (AvgIpc) is 3.38. The molecule has 2 bridgehead atoms. The van der Waals surface area contributed by atoms with E-state index in [1.807, 2.05) is 27.7 Å². The number of rotatable bonds is 3. The van der Waals surface area contributed by atoms with Crippen molar-refractivity contribution in [2.24, 2.45) is 11.8 Å². The summed E-state index contributed by atoms with van der Waals surface area (Å²) in [5.41, 5.74) is -3.12. The molecule has 0 saturated carbocycles. The first kappa shape index (κ1) is 43.9. The van der Waals surface area contributed by atoms with Crippen molar-refractivity contribution in [1.29, 1.82) is 0 Å². The fourth-order valence-electron chi connectivity index (χ4n) is 8.34. The van der Waals surface area contributed by atoms with Gasteiger partial charge in [-0.2, -0.15) is 0 Å². The van der Waals surface area contributed by atoms with E-state index in [9.17, 15) is 40.5 Å². The number of esters is 1. The van der Waals surface area contributed by atoms with E-state index >= 15 is 0 Å². The van der Waals surface area contributed by atoms with E-state index < -0.39 is 77.2 Å². The molecular weight excluding hydrogens is 684 g/mol. The number of hydrogen-bond acceptors (Lipinski definition) is 12. The number of fused-ring (bicyclic) bond motifs is 2. The lowest BCUT2D eigenvalue weighted by Gasteiger charge is -2.50. The molecule has 304 valence electrons. The normalized spacial score (nSPS) is 43.1. The molecule has 7 N–H and O–H groups in total. The number of carbonyl (C=O) groups excluding carboxylic acids is 1. The van der Waals surface area contributed by atoms with Gasteiger partial charge in [0, 0.05) is 43.6 Å². The standard InChI is InChI=1S/C41H68O12/c1-8-28(42)21-29-16-14-19-41(51-29)24-32-25(2)30(53-41)22-31-27(23-38(4,5)52-31)15-12-10-9-11-13-18-39(6,48)37(47)35(45)34(44)26(3)36(46)40(7,49)20-17-33(43)50-32/h12,15,17,20,25-26,28-30,32,34-37,42,44-49H,8-11,13-14,16,18-19,21-24H2,1-7H3. The van der Waals surface area contributed by atoms with Crippen LogP contribution in [0.3, 0.4) is 0 Å². The monoisotopic (exact) mass is 752 g/mol. The first-order valence-corrected chi connectivity index (χ1v) is 19.9. The van der Waals surface area contributed by atoms with Crippen molar-refractivity contribution in [2.45, 2.75) is 203 Å². The number of aliphatic hydroxyl groups is 7. The summed E-state index contributed by atoms with van der Waals surface area (Å²) in [6, 6.07) is 0. The lowest BCUT2D eigenvalue weighted by atomic mass is 9.80. The Labute approximate surface area is 315 Å². The van der Waals surface area contributed by atoms with Crippen LogP contribution in [0.1, 0.15) is 132 Å². The molecule has 0 aromatic rings. The fraction of sp³-hybridized carbons (Fsp3) is 0.829. The lowest BCUT2D eigenvalue weighted by Crippen LogP contribution is -2.56. The first-order chi connectivity index (χ1) is 24.7. The molecule has 0 amide bonds. The van der Waals surface area contributed by atoms with Crippen LogP contribution in [0, 0.1) is 11.8 Å². The number of allylic oxidation sites excluding steroid dienone is 2. The highest BCUT2D eigenvalue weighted by Crippen LogP contribution is 2.46. The van der Waals surface area contributed by atoms with Crippen molar-refractivity contribution in [3.8, 4) is 0 Å². The summed E-state index contributed by atoms with van der Waals surface area (Å²) in [7, 11) is 0. The lowest BCUT2D eigenvalue weighted by molar-refractivity contribution is -0.340. The van der Waals surface area contributed by atoms with Crippen LogP contribution in [0.15, 0.2) is 35.6 Å². The van der Waals surface area contributed by atoms with Crippen LogP contribution in [0.2, 0.25) is 0 Å². The Kier molecular flexibility index (Phi) is 14.8. The third-order valence-electron chi connectivity index (χ3n) is 11.9. The molecule has 1 spiro atoms. The Balaban J connectivity index is 1.66. The quantitative estimate of drug-likeness (QED) is 0.203. The minimum absolute atomic E-state index is 0.171. The fourth-order valence-corrected chi connectivity index (χ4v) is 8.34. The molecule has 4 aliphatic rings.